The Bertz CT molecular complexity index is 658. The van der Waals surface area contributed by atoms with Gasteiger partial charge in [-0.25, -0.2) is 4.98 Å². The number of nitrogens with zero attached hydrogens (tertiary/aromatic N) is 2. The van der Waals surface area contributed by atoms with Crippen LogP contribution in [0.3, 0.4) is 0 Å². The van der Waals surface area contributed by atoms with Gasteiger partial charge in [0.25, 0.3) is 0 Å². The standard InChI is InChI=1S/C19H28N4OS.HI/c1-15-14-25-18(23-15)6-4-5-12-21-19(20-2)22-13-11-16-7-9-17(24-3)10-8-16;/h7-10,14H,4-6,11-13H2,1-3H3,(H2,20,21,22);1H. The van der Waals surface area contributed by atoms with Gasteiger partial charge < -0.3 is 15.4 Å². The molecule has 0 fully saturated rings. The molecule has 1 aromatic carbocycles. The van der Waals surface area contributed by atoms with Gasteiger partial charge in [0.05, 0.1) is 12.1 Å². The summed E-state index contributed by atoms with van der Waals surface area (Å²) in [6.45, 7) is 3.82. The molecule has 0 atom stereocenters. The van der Waals surface area contributed by atoms with Gasteiger partial charge in [-0.2, -0.15) is 0 Å². The van der Waals surface area contributed by atoms with Crippen LogP contribution in [0.1, 0.15) is 29.1 Å². The summed E-state index contributed by atoms with van der Waals surface area (Å²) in [6.07, 6.45) is 4.26. The van der Waals surface area contributed by atoms with Gasteiger partial charge in [-0.15, -0.1) is 35.3 Å². The monoisotopic (exact) mass is 488 g/mol. The number of aliphatic imine (C=N–C) groups is 1. The molecule has 144 valence electrons. The minimum absolute atomic E-state index is 0. The molecule has 0 bridgehead atoms. The van der Waals surface area contributed by atoms with Crippen LogP contribution >= 0.6 is 35.3 Å². The van der Waals surface area contributed by atoms with E-state index < -0.39 is 0 Å². The number of methoxy groups -OCH3 is 1. The van der Waals surface area contributed by atoms with Gasteiger partial charge in [0, 0.05) is 31.2 Å². The maximum absolute atomic E-state index is 5.17. The Labute approximate surface area is 177 Å². The van der Waals surface area contributed by atoms with Crippen LogP contribution in [0.15, 0.2) is 34.6 Å². The second kappa shape index (κ2) is 12.9. The van der Waals surface area contributed by atoms with Gasteiger partial charge >= 0.3 is 0 Å². The molecular formula is C19H29IN4OS. The zero-order chi connectivity index (χ0) is 17.9. The lowest BCUT2D eigenvalue weighted by Gasteiger charge is -2.12. The lowest BCUT2D eigenvalue weighted by molar-refractivity contribution is 0.414. The third kappa shape index (κ3) is 8.35. The Morgan fingerprint density at radius 1 is 1.12 bits per heavy atom. The van der Waals surface area contributed by atoms with Crippen molar-refractivity contribution in [2.75, 3.05) is 27.2 Å². The molecule has 0 radical (unpaired) electrons. The Balaban J connectivity index is 0.00000338. The number of benzene rings is 1. The van der Waals surface area contributed by atoms with Crippen molar-refractivity contribution in [1.29, 1.82) is 0 Å². The van der Waals surface area contributed by atoms with E-state index >= 15 is 0 Å². The van der Waals surface area contributed by atoms with Gasteiger partial charge in [-0.05, 0) is 50.3 Å². The predicted octanol–water partition coefficient (Wildman–Crippen LogP) is 3.81. The molecule has 2 N–H and O–H groups in total. The van der Waals surface area contributed by atoms with E-state index in [-0.39, 0.29) is 24.0 Å². The number of thiazole rings is 1. The summed E-state index contributed by atoms with van der Waals surface area (Å²) >= 11 is 1.75. The fourth-order valence-corrected chi connectivity index (χ4v) is 3.28. The highest BCUT2D eigenvalue weighted by molar-refractivity contribution is 14.0. The second-order valence-electron chi connectivity index (χ2n) is 5.86. The maximum Gasteiger partial charge on any atom is 0.190 e. The number of ether oxygens (including phenoxy) is 1. The lowest BCUT2D eigenvalue weighted by atomic mass is 10.1. The highest BCUT2D eigenvalue weighted by atomic mass is 127. The summed E-state index contributed by atoms with van der Waals surface area (Å²) in [5.74, 6) is 1.75. The van der Waals surface area contributed by atoms with E-state index in [9.17, 15) is 0 Å². The summed E-state index contributed by atoms with van der Waals surface area (Å²) in [5.41, 5.74) is 2.40. The zero-order valence-electron chi connectivity index (χ0n) is 15.7. The van der Waals surface area contributed by atoms with Crippen molar-refractivity contribution in [3.05, 3.63) is 45.9 Å². The Hall–Kier alpha value is -1.35. The summed E-state index contributed by atoms with van der Waals surface area (Å²) in [7, 11) is 3.49. The van der Waals surface area contributed by atoms with Gasteiger partial charge in [0.2, 0.25) is 0 Å². The molecule has 26 heavy (non-hydrogen) atoms. The Morgan fingerprint density at radius 3 is 2.46 bits per heavy atom. The first kappa shape index (κ1) is 22.7. The molecule has 0 saturated carbocycles. The number of unbranched alkanes of at least 4 members (excludes halogenated alkanes) is 1. The van der Waals surface area contributed by atoms with Crippen LogP contribution in [0.4, 0.5) is 0 Å². The second-order valence-corrected chi connectivity index (χ2v) is 6.81. The predicted molar refractivity (Wildman–Crippen MR) is 121 cm³/mol. The smallest absolute Gasteiger partial charge is 0.190 e. The van der Waals surface area contributed by atoms with Gasteiger partial charge in [-0.3, -0.25) is 4.99 Å². The molecule has 0 saturated heterocycles. The van der Waals surface area contributed by atoms with Gasteiger partial charge in [0.1, 0.15) is 5.75 Å². The van der Waals surface area contributed by atoms with E-state index in [1.165, 1.54) is 10.6 Å². The van der Waals surface area contributed by atoms with Crippen LogP contribution in [0.5, 0.6) is 5.75 Å². The summed E-state index contributed by atoms with van der Waals surface area (Å²) < 4.78 is 5.17. The van der Waals surface area contributed by atoms with E-state index in [2.05, 4.69) is 38.1 Å². The molecule has 0 aliphatic heterocycles. The zero-order valence-corrected chi connectivity index (χ0v) is 18.9. The minimum Gasteiger partial charge on any atom is -0.497 e. The summed E-state index contributed by atoms with van der Waals surface area (Å²) in [6, 6.07) is 8.17. The Morgan fingerprint density at radius 2 is 1.85 bits per heavy atom. The van der Waals surface area contributed by atoms with Crippen LogP contribution in [-0.4, -0.2) is 38.2 Å². The molecule has 2 aromatic rings. The quantitative estimate of drug-likeness (QED) is 0.244. The lowest BCUT2D eigenvalue weighted by Crippen LogP contribution is -2.38. The number of rotatable bonds is 9. The number of halogens is 1. The first-order chi connectivity index (χ1) is 12.2. The molecule has 0 unspecified atom stereocenters. The average molecular weight is 488 g/mol. The van der Waals surface area contributed by atoms with Crippen LogP contribution in [0.25, 0.3) is 0 Å². The van der Waals surface area contributed by atoms with Gasteiger partial charge in [-0.1, -0.05) is 12.1 Å². The summed E-state index contributed by atoms with van der Waals surface area (Å²) in [4.78, 5) is 8.76. The van der Waals surface area contributed by atoms with Crippen LogP contribution < -0.4 is 15.4 Å². The highest BCUT2D eigenvalue weighted by Gasteiger charge is 2.00. The molecule has 7 heteroatoms. The fourth-order valence-electron chi connectivity index (χ4n) is 2.46. The largest absolute Gasteiger partial charge is 0.497 e. The van der Waals surface area contributed by atoms with E-state index in [1.54, 1.807) is 25.5 Å². The van der Waals surface area contributed by atoms with Crippen LogP contribution in [0, 0.1) is 6.92 Å². The summed E-state index contributed by atoms with van der Waals surface area (Å²) in [5, 5.41) is 10.1. The molecule has 2 rings (SSSR count). The van der Waals surface area contributed by atoms with Crippen molar-refractivity contribution in [3.63, 3.8) is 0 Å². The number of nitrogens with one attached hydrogen (secondary N) is 2. The normalized spacial score (nSPS) is 11.0. The number of guanidine groups is 1. The molecule has 0 aliphatic carbocycles. The van der Waals surface area contributed by atoms with Gasteiger partial charge in [0.15, 0.2) is 5.96 Å². The van der Waals surface area contributed by atoms with Crippen LogP contribution in [0.2, 0.25) is 0 Å². The third-order valence-electron chi connectivity index (χ3n) is 3.87. The van der Waals surface area contributed by atoms with Crippen molar-refractivity contribution >= 4 is 41.3 Å². The molecular weight excluding hydrogens is 459 g/mol. The topological polar surface area (TPSA) is 58.5 Å². The number of hydrogen-bond acceptors (Lipinski definition) is 4. The van der Waals surface area contributed by atoms with E-state index in [4.69, 9.17) is 4.74 Å². The number of hydrogen-bond donors (Lipinski definition) is 2. The van der Waals surface area contributed by atoms with E-state index in [0.717, 1.165) is 56.2 Å². The van der Waals surface area contributed by atoms with Crippen molar-refractivity contribution < 1.29 is 4.74 Å². The SMILES string of the molecule is CN=C(NCCCCc1nc(C)cs1)NCCc1ccc(OC)cc1.I. The Kier molecular flexibility index (Phi) is 11.3. The first-order valence-electron chi connectivity index (χ1n) is 8.69. The number of aryl methyl sites for hydroxylation is 2. The molecule has 0 amide bonds. The van der Waals surface area contributed by atoms with E-state index in [0.29, 0.717) is 0 Å². The highest BCUT2D eigenvalue weighted by Crippen LogP contribution is 2.12. The first-order valence-corrected chi connectivity index (χ1v) is 9.57. The molecule has 0 spiro atoms. The van der Waals surface area contributed by atoms with Crippen molar-refractivity contribution in [3.8, 4) is 5.75 Å². The van der Waals surface area contributed by atoms with E-state index in [1.807, 2.05) is 19.1 Å². The number of aromatic nitrogens is 1. The average Bonchev–Trinajstić information content (AvgIpc) is 3.05. The third-order valence-corrected chi connectivity index (χ3v) is 4.89. The van der Waals surface area contributed by atoms with Crippen molar-refractivity contribution in [2.24, 2.45) is 4.99 Å². The van der Waals surface area contributed by atoms with Crippen molar-refractivity contribution in [1.82, 2.24) is 15.6 Å². The fraction of sp³-hybridized carbons (Fsp3) is 0.474. The minimum atomic E-state index is 0. The molecule has 0 aliphatic rings. The van der Waals surface area contributed by atoms with Crippen LogP contribution in [-0.2, 0) is 12.8 Å². The molecule has 1 heterocycles. The molecule has 1 aromatic heterocycles. The molecule has 5 nitrogen and oxygen atoms in total. The van der Waals surface area contributed by atoms with Crippen molar-refractivity contribution in [2.45, 2.75) is 32.6 Å². The maximum atomic E-state index is 5.17.